The van der Waals surface area contributed by atoms with E-state index >= 15 is 0 Å². The first kappa shape index (κ1) is 14.5. The fourth-order valence-electron chi connectivity index (χ4n) is 2.45. The van der Waals surface area contributed by atoms with E-state index in [1.54, 1.807) is 13.3 Å². The smallest absolute Gasteiger partial charge is 0.132 e. The lowest BCUT2D eigenvalue weighted by molar-refractivity contribution is 0.0529. The summed E-state index contributed by atoms with van der Waals surface area (Å²) in [5.41, 5.74) is 0.385. The molecule has 0 fully saturated rings. The molecule has 0 aliphatic carbocycles. The Kier molecular flexibility index (Phi) is 4.40. The van der Waals surface area contributed by atoms with Gasteiger partial charge < -0.3 is 9.84 Å². The van der Waals surface area contributed by atoms with Crippen LogP contribution >= 0.6 is 0 Å². The monoisotopic (exact) mass is 271 g/mol. The average molecular weight is 271 g/mol. The van der Waals surface area contributed by atoms with Gasteiger partial charge >= 0.3 is 0 Å². The van der Waals surface area contributed by atoms with E-state index in [0.29, 0.717) is 18.0 Å². The van der Waals surface area contributed by atoms with Crippen LogP contribution in [-0.4, -0.2) is 17.2 Å². The zero-order chi connectivity index (χ0) is 14.6. The predicted molar refractivity (Wildman–Crippen MR) is 79.7 cm³/mol. The Morgan fingerprint density at radius 2 is 2.00 bits per heavy atom. The lowest BCUT2D eigenvalue weighted by Gasteiger charge is -2.30. The molecule has 3 nitrogen and oxygen atoms in total. The fourth-order valence-corrected chi connectivity index (χ4v) is 2.45. The summed E-state index contributed by atoms with van der Waals surface area (Å²) in [6.45, 7) is 4.18. The normalized spacial score (nSPS) is 14.1. The van der Waals surface area contributed by atoms with Crippen LogP contribution < -0.4 is 4.74 Å². The van der Waals surface area contributed by atoms with Crippen LogP contribution in [0, 0.1) is 5.92 Å². The predicted octanol–water partition coefficient (Wildman–Crippen LogP) is 3.37. The van der Waals surface area contributed by atoms with Crippen molar-refractivity contribution in [3.05, 3.63) is 59.9 Å². The molecule has 0 aliphatic heterocycles. The summed E-state index contributed by atoms with van der Waals surface area (Å²) < 4.78 is 5.26. The zero-order valence-corrected chi connectivity index (χ0v) is 12.2. The van der Waals surface area contributed by atoms with Gasteiger partial charge in [-0.05, 0) is 42.2 Å². The fraction of sp³-hybridized carbons (Fsp3) is 0.353. The third kappa shape index (κ3) is 2.99. The van der Waals surface area contributed by atoms with E-state index < -0.39 is 5.60 Å². The number of pyridine rings is 1. The van der Waals surface area contributed by atoms with Crippen LogP contribution in [0.4, 0.5) is 0 Å². The number of methoxy groups -OCH3 is 1. The van der Waals surface area contributed by atoms with Gasteiger partial charge in [0.2, 0.25) is 0 Å². The van der Waals surface area contributed by atoms with E-state index in [2.05, 4.69) is 18.8 Å². The van der Waals surface area contributed by atoms with Gasteiger partial charge in [-0.2, -0.15) is 0 Å². The number of benzene rings is 1. The number of aliphatic hydroxyl groups is 1. The summed E-state index contributed by atoms with van der Waals surface area (Å²) in [4.78, 5) is 4.34. The van der Waals surface area contributed by atoms with E-state index in [4.69, 9.17) is 4.74 Å². The van der Waals surface area contributed by atoms with Crippen molar-refractivity contribution in [2.75, 3.05) is 7.11 Å². The molecule has 2 aromatic rings. The zero-order valence-electron chi connectivity index (χ0n) is 12.2. The van der Waals surface area contributed by atoms with Gasteiger partial charge in [0.15, 0.2) is 0 Å². The Hall–Kier alpha value is -1.87. The Labute approximate surface area is 120 Å². The van der Waals surface area contributed by atoms with E-state index in [9.17, 15) is 5.11 Å². The SMILES string of the molecule is COc1cccc(C(O)(CC(C)C)c2ccccn2)c1. The molecule has 0 aliphatic rings. The van der Waals surface area contributed by atoms with Crippen LogP contribution in [0.2, 0.25) is 0 Å². The molecule has 1 heterocycles. The molecule has 0 amide bonds. The number of ether oxygens (including phenoxy) is 1. The molecule has 106 valence electrons. The highest BCUT2D eigenvalue weighted by atomic mass is 16.5. The first-order valence-electron chi connectivity index (χ1n) is 6.84. The summed E-state index contributed by atoms with van der Waals surface area (Å²) in [6.07, 6.45) is 2.32. The number of hydrogen-bond acceptors (Lipinski definition) is 3. The molecule has 1 unspecified atom stereocenters. The minimum Gasteiger partial charge on any atom is -0.497 e. The largest absolute Gasteiger partial charge is 0.497 e. The maximum atomic E-state index is 11.2. The lowest BCUT2D eigenvalue weighted by atomic mass is 9.82. The van der Waals surface area contributed by atoms with Crippen LogP contribution in [0.3, 0.4) is 0 Å². The highest BCUT2D eigenvalue weighted by Crippen LogP contribution is 2.35. The molecule has 1 atom stereocenters. The topological polar surface area (TPSA) is 42.4 Å². The van der Waals surface area contributed by atoms with Crippen molar-refractivity contribution < 1.29 is 9.84 Å². The van der Waals surface area contributed by atoms with Gasteiger partial charge in [0.05, 0.1) is 12.8 Å². The van der Waals surface area contributed by atoms with Crippen molar-refractivity contribution in [2.24, 2.45) is 5.92 Å². The molecular weight excluding hydrogens is 250 g/mol. The maximum absolute atomic E-state index is 11.2. The molecule has 3 heteroatoms. The third-order valence-corrected chi connectivity index (χ3v) is 3.34. The molecule has 1 aromatic heterocycles. The first-order valence-corrected chi connectivity index (χ1v) is 6.84. The van der Waals surface area contributed by atoms with Crippen molar-refractivity contribution in [2.45, 2.75) is 25.9 Å². The molecule has 1 N–H and O–H groups in total. The Balaban J connectivity index is 2.51. The molecule has 20 heavy (non-hydrogen) atoms. The standard InChI is InChI=1S/C17H21NO2/c1-13(2)12-17(19,16-9-4-5-10-18-16)14-7-6-8-15(11-14)20-3/h4-11,13,19H,12H2,1-3H3. The van der Waals surface area contributed by atoms with E-state index in [0.717, 1.165) is 11.3 Å². The molecular formula is C17H21NO2. The second-order valence-electron chi connectivity index (χ2n) is 5.41. The minimum absolute atomic E-state index is 0.341. The highest BCUT2D eigenvalue weighted by Gasteiger charge is 2.33. The molecule has 0 bridgehead atoms. The molecule has 0 radical (unpaired) electrons. The molecule has 0 saturated heterocycles. The van der Waals surface area contributed by atoms with Crippen LogP contribution in [0.1, 0.15) is 31.5 Å². The van der Waals surface area contributed by atoms with Crippen molar-refractivity contribution in [1.29, 1.82) is 0 Å². The second-order valence-corrected chi connectivity index (χ2v) is 5.41. The summed E-state index contributed by atoms with van der Waals surface area (Å²) in [5, 5.41) is 11.2. The maximum Gasteiger partial charge on any atom is 0.132 e. The van der Waals surface area contributed by atoms with Crippen LogP contribution in [0.15, 0.2) is 48.7 Å². The van der Waals surface area contributed by atoms with Gasteiger partial charge in [-0.3, -0.25) is 4.98 Å². The number of aromatic nitrogens is 1. The van der Waals surface area contributed by atoms with Gasteiger partial charge in [-0.15, -0.1) is 0 Å². The molecule has 2 rings (SSSR count). The Morgan fingerprint density at radius 3 is 2.60 bits per heavy atom. The number of nitrogens with zero attached hydrogens (tertiary/aromatic N) is 1. The van der Waals surface area contributed by atoms with Gasteiger partial charge in [0.1, 0.15) is 11.4 Å². The van der Waals surface area contributed by atoms with E-state index in [-0.39, 0.29) is 0 Å². The molecule has 1 aromatic carbocycles. The summed E-state index contributed by atoms with van der Waals surface area (Å²) in [7, 11) is 1.63. The second kappa shape index (κ2) is 6.06. The molecule has 0 spiro atoms. The van der Waals surface area contributed by atoms with E-state index in [1.165, 1.54) is 0 Å². The van der Waals surface area contributed by atoms with Crippen molar-refractivity contribution >= 4 is 0 Å². The van der Waals surface area contributed by atoms with Gasteiger partial charge in [0.25, 0.3) is 0 Å². The van der Waals surface area contributed by atoms with Crippen molar-refractivity contribution in [3.8, 4) is 5.75 Å². The first-order chi connectivity index (χ1) is 9.56. The summed E-state index contributed by atoms with van der Waals surface area (Å²) in [6, 6.07) is 13.2. The number of rotatable bonds is 5. The average Bonchev–Trinajstić information content (AvgIpc) is 2.47. The number of hydrogen-bond donors (Lipinski definition) is 1. The highest BCUT2D eigenvalue weighted by molar-refractivity contribution is 5.37. The Bertz CT molecular complexity index is 554. The minimum atomic E-state index is -1.09. The summed E-state index contributed by atoms with van der Waals surface area (Å²) >= 11 is 0. The van der Waals surface area contributed by atoms with Gasteiger partial charge in [0, 0.05) is 6.20 Å². The van der Waals surface area contributed by atoms with Crippen molar-refractivity contribution in [1.82, 2.24) is 4.98 Å². The third-order valence-electron chi connectivity index (χ3n) is 3.34. The molecule has 0 saturated carbocycles. The Morgan fingerprint density at radius 1 is 1.20 bits per heavy atom. The van der Waals surface area contributed by atoms with E-state index in [1.807, 2.05) is 42.5 Å². The lowest BCUT2D eigenvalue weighted by Crippen LogP contribution is -2.30. The van der Waals surface area contributed by atoms with Gasteiger partial charge in [-0.25, -0.2) is 0 Å². The summed E-state index contributed by atoms with van der Waals surface area (Å²) in [5.74, 6) is 1.08. The quantitative estimate of drug-likeness (QED) is 0.906. The van der Waals surface area contributed by atoms with Crippen molar-refractivity contribution in [3.63, 3.8) is 0 Å². The van der Waals surface area contributed by atoms with Crippen LogP contribution in [-0.2, 0) is 5.60 Å². The van der Waals surface area contributed by atoms with Gasteiger partial charge in [-0.1, -0.05) is 32.0 Å². The van der Waals surface area contributed by atoms with Crippen LogP contribution in [0.25, 0.3) is 0 Å². The van der Waals surface area contributed by atoms with Crippen LogP contribution in [0.5, 0.6) is 5.75 Å².